The van der Waals surface area contributed by atoms with Gasteiger partial charge in [-0.3, -0.25) is 14.3 Å². The first-order valence-electron chi connectivity index (χ1n) is 5.37. The molecule has 6 nitrogen and oxygen atoms in total. The van der Waals surface area contributed by atoms with Crippen molar-refractivity contribution < 1.29 is 18.6 Å². The number of halogens is 2. The van der Waals surface area contributed by atoms with E-state index in [0.29, 0.717) is 0 Å². The summed E-state index contributed by atoms with van der Waals surface area (Å²) < 4.78 is 31.9. The van der Waals surface area contributed by atoms with Gasteiger partial charge in [0.25, 0.3) is 5.56 Å². The number of nitrogens with one attached hydrogen (secondary N) is 1. The van der Waals surface area contributed by atoms with Crippen molar-refractivity contribution in [1.29, 1.82) is 0 Å². The third kappa shape index (κ3) is 2.21. The lowest BCUT2D eigenvalue weighted by atomic mass is 10.2. The molecule has 2 N–H and O–H groups in total. The molecule has 1 unspecified atom stereocenters. The van der Waals surface area contributed by atoms with Crippen LogP contribution in [0.5, 0.6) is 0 Å². The highest BCUT2D eigenvalue weighted by Gasteiger charge is 2.36. The van der Waals surface area contributed by atoms with E-state index >= 15 is 0 Å². The van der Waals surface area contributed by atoms with Crippen LogP contribution in [-0.2, 0) is 11.4 Å². The van der Waals surface area contributed by atoms with E-state index in [1.54, 1.807) is 0 Å². The summed E-state index contributed by atoms with van der Waals surface area (Å²) in [5, 5.41) is 8.85. The van der Waals surface area contributed by atoms with Crippen molar-refractivity contribution >= 4 is 0 Å². The molecular formula is C10H12F2N2O4. The highest BCUT2D eigenvalue weighted by atomic mass is 19.1. The molecule has 2 heterocycles. The van der Waals surface area contributed by atoms with Gasteiger partial charge in [0, 0.05) is 12.6 Å². The Balaban J connectivity index is 2.35. The van der Waals surface area contributed by atoms with Crippen molar-refractivity contribution in [2.24, 2.45) is 0 Å². The van der Waals surface area contributed by atoms with E-state index in [-0.39, 0.29) is 12.0 Å². The Morgan fingerprint density at radius 3 is 2.83 bits per heavy atom. The molecule has 1 saturated heterocycles. The molecule has 8 heteroatoms. The van der Waals surface area contributed by atoms with Crippen molar-refractivity contribution in [1.82, 2.24) is 9.55 Å². The van der Waals surface area contributed by atoms with Crippen molar-refractivity contribution in [3.8, 4) is 0 Å². The second-order valence-corrected chi connectivity index (χ2v) is 4.02. The number of hydrogen-bond donors (Lipinski definition) is 2. The van der Waals surface area contributed by atoms with Gasteiger partial charge in [-0.25, -0.2) is 13.6 Å². The zero-order valence-corrected chi connectivity index (χ0v) is 9.31. The first-order valence-corrected chi connectivity index (χ1v) is 5.37. The van der Waals surface area contributed by atoms with Gasteiger partial charge in [-0.2, -0.15) is 0 Å². The van der Waals surface area contributed by atoms with Crippen molar-refractivity contribution in [2.75, 3.05) is 6.61 Å². The molecule has 1 aromatic heterocycles. The predicted molar refractivity (Wildman–Crippen MR) is 56.6 cm³/mol. The normalized spacial score (nSPS) is 27.6. The number of aromatic amines is 1. The molecule has 100 valence electrons. The molecular weight excluding hydrogens is 250 g/mol. The lowest BCUT2D eigenvalue weighted by molar-refractivity contribution is -0.0357. The van der Waals surface area contributed by atoms with Gasteiger partial charge in [0.15, 0.2) is 0 Å². The van der Waals surface area contributed by atoms with Gasteiger partial charge in [-0.15, -0.1) is 0 Å². The minimum atomic E-state index is -1.41. The number of aromatic nitrogens is 2. The Morgan fingerprint density at radius 2 is 2.28 bits per heavy atom. The summed E-state index contributed by atoms with van der Waals surface area (Å²) in [4.78, 5) is 24.6. The number of ether oxygens (including phenoxy) is 1. The maximum absolute atomic E-state index is 13.4. The van der Waals surface area contributed by atoms with Crippen LogP contribution in [0.3, 0.4) is 0 Å². The lowest BCUT2D eigenvalue weighted by Crippen LogP contribution is -2.34. The summed E-state index contributed by atoms with van der Waals surface area (Å²) in [5.41, 5.74) is -1.85. The van der Waals surface area contributed by atoms with Gasteiger partial charge in [0.05, 0.1) is 12.2 Å². The van der Waals surface area contributed by atoms with Crippen molar-refractivity contribution in [3.63, 3.8) is 0 Å². The van der Waals surface area contributed by atoms with E-state index in [2.05, 4.69) is 0 Å². The zero-order chi connectivity index (χ0) is 13.3. The predicted octanol–water partition coefficient (Wildman–Crippen LogP) is -0.376. The minimum absolute atomic E-state index is 0.136. The largest absolute Gasteiger partial charge is 0.394 e. The van der Waals surface area contributed by atoms with Crippen LogP contribution in [0, 0.1) is 0 Å². The first-order chi connectivity index (χ1) is 8.56. The fourth-order valence-electron chi connectivity index (χ4n) is 1.86. The van der Waals surface area contributed by atoms with Crippen LogP contribution in [0.1, 0.15) is 18.2 Å². The lowest BCUT2D eigenvalue weighted by Gasteiger charge is -2.14. The number of hydrogen-bond acceptors (Lipinski definition) is 4. The van der Waals surface area contributed by atoms with Crippen LogP contribution in [0.15, 0.2) is 15.8 Å². The van der Waals surface area contributed by atoms with Gasteiger partial charge in [0.2, 0.25) is 0 Å². The molecule has 0 aliphatic carbocycles. The number of aliphatic hydroxyl groups excluding tert-OH is 1. The zero-order valence-electron chi connectivity index (χ0n) is 9.31. The maximum atomic E-state index is 13.4. The SMILES string of the molecule is O=c1[nH]c(=O)n([C@H]2CC(F)[C@@H](CO)O2)cc1CF. The third-order valence-corrected chi connectivity index (χ3v) is 2.84. The summed E-state index contributed by atoms with van der Waals surface area (Å²) in [7, 11) is 0. The van der Waals surface area contributed by atoms with Gasteiger partial charge >= 0.3 is 5.69 Å². The summed E-state index contributed by atoms with van der Waals surface area (Å²) >= 11 is 0. The molecule has 0 amide bonds. The van der Waals surface area contributed by atoms with Crippen LogP contribution in [0.2, 0.25) is 0 Å². The highest BCUT2D eigenvalue weighted by Crippen LogP contribution is 2.29. The van der Waals surface area contributed by atoms with E-state index in [9.17, 15) is 18.4 Å². The summed E-state index contributed by atoms with van der Waals surface area (Å²) in [6, 6.07) is 0. The van der Waals surface area contributed by atoms with E-state index in [0.717, 1.165) is 10.8 Å². The fraction of sp³-hybridized carbons (Fsp3) is 0.600. The van der Waals surface area contributed by atoms with E-state index in [1.165, 1.54) is 0 Å². The highest BCUT2D eigenvalue weighted by molar-refractivity contribution is 5.03. The molecule has 1 aliphatic heterocycles. The topological polar surface area (TPSA) is 84.3 Å². The molecule has 0 aromatic carbocycles. The summed E-state index contributed by atoms with van der Waals surface area (Å²) in [6.07, 6.45) is -2.50. The molecule has 1 aromatic rings. The monoisotopic (exact) mass is 262 g/mol. The number of aliphatic hydroxyl groups is 1. The van der Waals surface area contributed by atoms with Crippen LogP contribution in [0.25, 0.3) is 0 Å². The molecule has 0 bridgehead atoms. The number of rotatable bonds is 3. The molecule has 2 rings (SSSR count). The minimum Gasteiger partial charge on any atom is -0.394 e. The Kier molecular flexibility index (Phi) is 3.58. The average Bonchev–Trinajstić information content (AvgIpc) is 2.70. The number of H-pyrrole nitrogens is 1. The van der Waals surface area contributed by atoms with E-state index < -0.39 is 43.0 Å². The Morgan fingerprint density at radius 1 is 1.56 bits per heavy atom. The molecule has 0 spiro atoms. The van der Waals surface area contributed by atoms with Crippen molar-refractivity contribution in [2.45, 2.75) is 31.6 Å². The smallest absolute Gasteiger partial charge is 0.330 e. The molecule has 0 radical (unpaired) electrons. The van der Waals surface area contributed by atoms with Gasteiger partial charge in [-0.05, 0) is 0 Å². The van der Waals surface area contributed by atoms with Gasteiger partial charge in [0.1, 0.15) is 25.2 Å². The summed E-state index contributed by atoms with van der Waals surface area (Å²) in [5.74, 6) is 0. The van der Waals surface area contributed by atoms with E-state index in [4.69, 9.17) is 9.84 Å². The van der Waals surface area contributed by atoms with Crippen LogP contribution in [-0.4, -0.2) is 33.5 Å². The van der Waals surface area contributed by atoms with Crippen LogP contribution < -0.4 is 11.2 Å². The molecule has 0 saturated carbocycles. The van der Waals surface area contributed by atoms with Crippen LogP contribution >= 0.6 is 0 Å². The van der Waals surface area contributed by atoms with Gasteiger partial charge in [-0.1, -0.05) is 0 Å². The Hall–Kier alpha value is -1.54. The quantitative estimate of drug-likeness (QED) is 0.778. The van der Waals surface area contributed by atoms with E-state index in [1.807, 2.05) is 4.98 Å². The molecule has 1 fully saturated rings. The fourth-order valence-corrected chi connectivity index (χ4v) is 1.86. The van der Waals surface area contributed by atoms with Crippen molar-refractivity contribution in [3.05, 3.63) is 32.6 Å². The Labute approximate surface area is 99.8 Å². The molecule has 3 atom stereocenters. The van der Waals surface area contributed by atoms with Crippen LogP contribution in [0.4, 0.5) is 8.78 Å². The third-order valence-electron chi connectivity index (χ3n) is 2.84. The maximum Gasteiger partial charge on any atom is 0.330 e. The summed E-state index contributed by atoms with van der Waals surface area (Å²) in [6.45, 7) is -1.55. The number of alkyl halides is 2. The van der Waals surface area contributed by atoms with Gasteiger partial charge < -0.3 is 9.84 Å². The second-order valence-electron chi connectivity index (χ2n) is 4.02. The Bertz CT molecular complexity index is 541. The number of nitrogens with zero attached hydrogens (tertiary/aromatic N) is 1. The standard InChI is InChI=1S/C10H12F2N2O4/c11-2-5-3-14(10(17)13-9(5)16)8-1-6(12)7(4-15)18-8/h3,6-8,15H,1-2,4H2,(H,13,16,17)/t6?,7-,8-/m1/s1. The second kappa shape index (κ2) is 4.99. The molecule has 18 heavy (non-hydrogen) atoms. The average molecular weight is 262 g/mol. The molecule has 1 aliphatic rings. The first kappa shape index (κ1) is 12.9.